The summed E-state index contributed by atoms with van der Waals surface area (Å²) in [4.78, 5) is 51.7. The van der Waals surface area contributed by atoms with E-state index >= 15 is 0 Å². The van der Waals surface area contributed by atoms with E-state index in [1.807, 2.05) is 6.92 Å². The molecule has 0 saturated carbocycles. The van der Waals surface area contributed by atoms with Crippen molar-refractivity contribution in [2.45, 2.75) is 56.9 Å². The lowest BCUT2D eigenvalue weighted by molar-refractivity contribution is -0.192. The number of alkyl halides is 3. The highest BCUT2D eigenvalue weighted by molar-refractivity contribution is 6.35. The van der Waals surface area contributed by atoms with Gasteiger partial charge in [0.1, 0.15) is 17.9 Å². The number of hydrogen-bond donors (Lipinski definition) is 3. The summed E-state index contributed by atoms with van der Waals surface area (Å²) in [5.41, 5.74) is 7.64. The van der Waals surface area contributed by atoms with Crippen LogP contribution in [0.5, 0.6) is 0 Å². The number of likely N-dealkylation sites (N-methyl/N-ethyl adjacent to an activating group) is 1. The van der Waals surface area contributed by atoms with Crippen LogP contribution in [0.15, 0.2) is 42.5 Å². The van der Waals surface area contributed by atoms with E-state index in [9.17, 15) is 31.9 Å². The predicted octanol–water partition coefficient (Wildman–Crippen LogP) is 3.83. The van der Waals surface area contributed by atoms with Gasteiger partial charge in [-0.1, -0.05) is 54.7 Å². The normalized spacial score (nSPS) is 16.6. The number of nitrogens with zero attached hydrogens (tertiary/aromatic N) is 2. The number of rotatable bonds is 9. The van der Waals surface area contributed by atoms with Gasteiger partial charge in [-0.25, -0.2) is 9.18 Å². The van der Waals surface area contributed by atoms with Gasteiger partial charge in [-0.15, -0.1) is 0 Å². The van der Waals surface area contributed by atoms with Gasteiger partial charge < -0.3 is 26.0 Å². The molecule has 3 atom stereocenters. The van der Waals surface area contributed by atoms with Crippen LogP contribution in [0.3, 0.4) is 0 Å². The van der Waals surface area contributed by atoms with Gasteiger partial charge in [-0.05, 0) is 48.2 Å². The predicted molar refractivity (Wildman–Crippen MR) is 152 cm³/mol. The number of amides is 3. The molecular formula is C28H32Cl2F4N4O5. The number of nitrogens with two attached hydrogens (primary N) is 1. The molecule has 0 radical (unpaired) electrons. The number of aliphatic carboxylic acids is 1. The molecule has 9 nitrogen and oxygen atoms in total. The van der Waals surface area contributed by atoms with Gasteiger partial charge in [-0.3, -0.25) is 14.4 Å². The molecule has 1 saturated heterocycles. The van der Waals surface area contributed by atoms with Crippen molar-refractivity contribution >= 4 is 46.9 Å². The van der Waals surface area contributed by atoms with Crippen LogP contribution in [-0.2, 0) is 32.0 Å². The Morgan fingerprint density at radius 1 is 1.09 bits per heavy atom. The highest BCUT2D eigenvalue weighted by atomic mass is 35.5. The average molecular weight is 651 g/mol. The number of carboxylic acids is 1. The second kappa shape index (κ2) is 15.9. The van der Waals surface area contributed by atoms with E-state index < -0.39 is 30.3 Å². The fourth-order valence-corrected chi connectivity index (χ4v) is 5.00. The molecule has 3 unspecified atom stereocenters. The number of carboxylic acid groups (broad SMARTS) is 1. The third kappa shape index (κ3) is 10.1. The van der Waals surface area contributed by atoms with Crippen molar-refractivity contribution in [2.24, 2.45) is 5.73 Å². The van der Waals surface area contributed by atoms with Gasteiger partial charge in [0.2, 0.25) is 17.7 Å². The van der Waals surface area contributed by atoms with Crippen LogP contribution in [0, 0.1) is 5.82 Å². The number of piperazine rings is 1. The van der Waals surface area contributed by atoms with Crippen molar-refractivity contribution in [2.75, 3.05) is 20.1 Å². The Bertz CT molecular complexity index is 1300. The van der Waals surface area contributed by atoms with E-state index in [1.54, 1.807) is 30.3 Å². The van der Waals surface area contributed by atoms with Gasteiger partial charge in [0, 0.05) is 36.6 Å². The molecule has 0 aliphatic carbocycles. The molecule has 0 bridgehead atoms. The maximum Gasteiger partial charge on any atom is 0.490 e. The Labute approximate surface area is 255 Å². The first-order chi connectivity index (χ1) is 20.1. The first-order valence-corrected chi connectivity index (χ1v) is 13.9. The standard InChI is InChI=1S/C26H31Cl2FN4O3.C2HF3O2/c1-3-4-22-26(36)33(23(24(34)31-2)14-17-7-8-18(27)15-20(17)28)12-11-32(22)25(35)21(30)13-16-5-9-19(29)10-6-16;3-2(4,5)1(6)7/h5-10,15,21-23H,3-4,11-14,30H2,1-2H3,(H,31,34);(H,6,7). The Morgan fingerprint density at radius 3 is 2.21 bits per heavy atom. The van der Waals surface area contributed by atoms with E-state index in [4.69, 9.17) is 38.8 Å². The first-order valence-electron chi connectivity index (χ1n) is 13.2. The van der Waals surface area contributed by atoms with Gasteiger partial charge in [0.25, 0.3) is 0 Å². The smallest absolute Gasteiger partial charge is 0.475 e. The van der Waals surface area contributed by atoms with Crippen molar-refractivity contribution in [3.63, 3.8) is 0 Å². The van der Waals surface area contributed by atoms with E-state index in [2.05, 4.69) is 5.32 Å². The summed E-state index contributed by atoms with van der Waals surface area (Å²) in [7, 11) is 1.51. The fourth-order valence-electron chi connectivity index (χ4n) is 4.51. The number of carbonyl (C=O) groups excluding carboxylic acids is 3. The van der Waals surface area contributed by atoms with Gasteiger partial charge in [0.05, 0.1) is 6.04 Å². The zero-order chi connectivity index (χ0) is 32.5. The van der Waals surface area contributed by atoms with E-state index in [0.29, 0.717) is 28.5 Å². The fraction of sp³-hybridized carbons (Fsp3) is 0.429. The molecular weight excluding hydrogens is 619 g/mol. The molecule has 4 N–H and O–H groups in total. The van der Waals surface area contributed by atoms with Crippen LogP contribution < -0.4 is 11.1 Å². The Balaban J connectivity index is 0.000000821. The van der Waals surface area contributed by atoms with E-state index in [-0.39, 0.29) is 49.5 Å². The molecule has 1 heterocycles. The molecule has 3 rings (SSSR count). The minimum Gasteiger partial charge on any atom is -0.475 e. The molecule has 236 valence electrons. The number of benzene rings is 2. The van der Waals surface area contributed by atoms with Crippen LogP contribution in [0.4, 0.5) is 17.6 Å². The molecule has 2 aromatic rings. The first kappa shape index (κ1) is 35.8. The van der Waals surface area contributed by atoms with Crippen molar-refractivity contribution in [3.8, 4) is 0 Å². The summed E-state index contributed by atoms with van der Waals surface area (Å²) in [5, 5.41) is 10.6. The van der Waals surface area contributed by atoms with Gasteiger partial charge in [-0.2, -0.15) is 13.2 Å². The molecule has 0 spiro atoms. The maximum atomic E-state index is 13.7. The largest absolute Gasteiger partial charge is 0.490 e. The van der Waals surface area contributed by atoms with Crippen LogP contribution in [0.1, 0.15) is 30.9 Å². The molecule has 1 fully saturated rings. The number of nitrogens with one attached hydrogen (secondary N) is 1. The van der Waals surface area contributed by atoms with Crippen molar-refractivity contribution in [1.82, 2.24) is 15.1 Å². The third-order valence-electron chi connectivity index (χ3n) is 6.65. The van der Waals surface area contributed by atoms with E-state index in [0.717, 1.165) is 5.56 Å². The van der Waals surface area contributed by atoms with Crippen molar-refractivity contribution < 1.29 is 41.8 Å². The Morgan fingerprint density at radius 2 is 1.70 bits per heavy atom. The zero-order valence-corrected chi connectivity index (χ0v) is 24.8. The zero-order valence-electron chi connectivity index (χ0n) is 23.3. The Hall–Kier alpha value is -3.42. The third-order valence-corrected chi connectivity index (χ3v) is 7.24. The highest BCUT2D eigenvalue weighted by Gasteiger charge is 2.42. The summed E-state index contributed by atoms with van der Waals surface area (Å²) >= 11 is 12.3. The van der Waals surface area contributed by atoms with Crippen molar-refractivity contribution in [1.29, 1.82) is 0 Å². The number of halogens is 6. The Kier molecular flexibility index (Phi) is 13.2. The summed E-state index contributed by atoms with van der Waals surface area (Å²) in [6.45, 7) is 2.35. The SMILES string of the molecule is CCCC1C(=O)N(C(Cc2ccc(Cl)cc2Cl)C(=O)NC)CCN1C(=O)C(N)Cc1ccc(F)cc1.O=C(O)C(F)(F)F. The van der Waals surface area contributed by atoms with Gasteiger partial charge >= 0.3 is 12.1 Å². The van der Waals surface area contributed by atoms with Crippen LogP contribution in [0.2, 0.25) is 10.0 Å². The minimum absolute atomic E-state index is 0.178. The average Bonchev–Trinajstić information content (AvgIpc) is 2.94. The summed E-state index contributed by atoms with van der Waals surface area (Å²) < 4.78 is 45.0. The van der Waals surface area contributed by atoms with Crippen LogP contribution in [-0.4, -0.2) is 83.0 Å². The summed E-state index contributed by atoms with van der Waals surface area (Å²) in [6, 6.07) is 8.43. The quantitative estimate of drug-likeness (QED) is 0.353. The van der Waals surface area contributed by atoms with E-state index in [1.165, 1.54) is 29.0 Å². The number of hydrogen-bond acceptors (Lipinski definition) is 5. The number of carbonyl (C=O) groups is 4. The monoisotopic (exact) mass is 650 g/mol. The molecule has 2 aromatic carbocycles. The lowest BCUT2D eigenvalue weighted by atomic mass is 9.97. The maximum absolute atomic E-state index is 13.7. The lowest BCUT2D eigenvalue weighted by Crippen LogP contribution is -2.65. The molecule has 1 aliphatic rings. The summed E-state index contributed by atoms with van der Waals surface area (Å²) in [6.07, 6.45) is -3.55. The van der Waals surface area contributed by atoms with Crippen LogP contribution >= 0.6 is 23.2 Å². The van der Waals surface area contributed by atoms with Crippen LogP contribution in [0.25, 0.3) is 0 Å². The molecule has 1 aliphatic heterocycles. The second-order valence-corrected chi connectivity index (χ2v) is 10.5. The van der Waals surface area contributed by atoms with Gasteiger partial charge in [0.15, 0.2) is 0 Å². The molecule has 3 amide bonds. The lowest BCUT2D eigenvalue weighted by Gasteiger charge is -2.44. The molecule has 15 heteroatoms. The second-order valence-electron chi connectivity index (χ2n) is 9.68. The topological polar surface area (TPSA) is 133 Å². The highest BCUT2D eigenvalue weighted by Crippen LogP contribution is 2.26. The molecule has 43 heavy (non-hydrogen) atoms. The molecule has 0 aromatic heterocycles. The minimum atomic E-state index is -5.08. The summed E-state index contributed by atoms with van der Waals surface area (Å²) in [5.74, 6) is -4.09. The van der Waals surface area contributed by atoms with Crippen molar-refractivity contribution in [3.05, 3.63) is 69.5 Å².